The molecular weight excluding hydrogens is 278 g/mol. The minimum Gasteiger partial charge on any atom is -0.326 e. The average molecular weight is 295 g/mol. The van der Waals surface area contributed by atoms with Crippen molar-refractivity contribution < 1.29 is 8.42 Å². The van der Waals surface area contributed by atoms with Crippen LogP contribution in [0.2, 0.25) is 0 Å². The molecule has 1 heterocycles. The smallest absolute Gasteiger partial charge is 0.241 e. The molecule has 20 heavy (non-hydrogen) atoms. The van der Waals surface area contributed by atoms with Crippen molar-refractivity contribution in [3.8, 4) is 0 Å². The molecule has 7 nitrogen and oxygen atoms in total. The van der Waals surface area contributed by atoms with Gasteiger partial charge in [-0.05, 0) is 24.6 Å². The Balaban J connectivity index is 2.25. The monoisotopic (exact) mass is 295 g/mol. The van der Waals surface area contributed by atoms with Crippen LogP contribution in [0, 0.1) is 0 Å². The molecule has 0 amide bonds. The number of hydrogen-bond acceptors (Lipinski definition) is 5. The van der Waals surface area contributed by atoms with Gasteiger partial charge < -0.3 is 10.3 Å². The Hall–Kier alpha value is -1.77. The lowest BCUT2D eigenvalue weighted by Crippen LogP contribution is -2.28. The van der Waals surface area contributed by atoms with E-state index in [1.165, 1.54) is 12.4 Å². The summed E-state index contributed by atoms with van der Waals surface area (Å²) in [6.07, 6.45) is 1.52. The van der Waals surface area contributed by atoms with Gasteiger partial charge in [-0.3, -0.25) is 0 Å². The Labute approximate surface area is 117 Å². The molecule has 0 aliphatic heterocycles. The molecule has 0 saturated heterocycles. The van der Waals surface area contributed by atoms with E-state index in [4.69, 9.17) is 5.73 Å². The molecule has 2 rings (SSSR count). The summed E-state index contributed by atoms with van der Waals surface area (Å²) < 4.78 is 28.9. The van der Waals surface area contributed by atoms with Crippen LogP contribution < -0.4 is 10.5 Å². The molecule has 1 unspecified atom stereocenters. The summed E-state index contributed by atoms with van der Waals surface area (Å²) in [7, 11) is -1.86. The van der Waals surface area contributed by atoms with Gasteiger partial charge in [0.2, 0.25) is 10.0 Å². The maximum atomic E-state index is 12.3. The van der Waals surface area contributed by atoms with Gasteiger partial charge in [0.15, 0.2) is 0 Å². The Morgan fingerprint density at radius 3 is 2.80 bits per heavy atom. The van der Waals surface area contributed by atoms with Gasteiger partial charge in [0.1, 0.15) is 12.2 Å². The Kier molecular flexibility index (Phi) is 4.17. The van der Waals surface area contributed by atoms with E-state index in [-0.39, 0.29) is 4.90 Å². The SMILES string of the molecule is CC(NS(=O)(=O)c1cccc(CN)c1)c1nncn1C. The molecule has 0 radical (unpaired) electrons. The first kappa shape index (κ1) is 14.6. The van der Waals surface area contributed by atoms with Gasteiger partial charge in [-0.25, -0.2) is 13.1 Å². The highest BCUT2D eigenvalue weighted by molar-refractivity contribution is 7.89. The minimum atomic E-state index is -3.62. The highest BCUT2D eigenvalue weighted by Crippen LogP contribution is 2.16. The highest BCUT2D eigenvalue weighted by atomic mass is 32.2. The van der Waals surface area contributed by atoms with Crippen LogP contribution in [-0.4, -0.2) is 23.2 Å². The predicted molar refractivity (Wildman–Crippen MR) is 74.1 cm³/mol. The molecule has 8 heteroatoms. The lowest BCUT2D eigenvalue weighted by atomic mass is 10.2. The summed E-state index contributed by atoms with van der Waals surface area (Å²) in [5.74, 6) is 0.545. The molecule has 1 aromatic carbocycles. The second-order valence-corrected chi connectivity index (χ2v) is 6.21. The molecular formula is C12H17N5O2S. The van der Waals surface area contributed by atoms with E-state index in [0.29, 0.717) is 12.4 Å². The Morgan fingerprint density at radius 2 is 2.20 bits per heavy atom. The van der Waals surface area contributed by atoms with Crippen molar-refractivity contribution in [2.24, 2.45) is 12.8 Å². The Morgan fingerprint density at radius 1 is 1.45 bits per heavy atom. The number of hydrogen-bond donors (Lipinski definition) is 2. The summed E-state index contributed by atoms with van der Waals surface area (Å²) in [5, 5.41) is 7.63. The first-order valence-electron chi connectivity index (χ1n) is 6.09. The van der Waals surface area contributed by atoms with E-state index >= 15 is 0 Å². The second kappa shape index (κ2) is 5.70. The normalized spacial score (nSPS) is 13.3. The van der Waals surface area contributed by atoms with Crippen LogP contribution in [-0.2, 0) is 23.6 Å². The zero-order valence-electron chi connectivity index (χ0n) is 11.3. The summed E-state index contributed by atoms with van der Waals surface area (Å²) in [6, 6.07) is 6.07. The van der Waals surface area contributed by atoms with Crippen LogP contribution in [0.4, 0.5) is 0 Å². The van der Waals surface area contributed by atoms with Gasteiger partial charge in [-0.15, -0.1) is 10.2 Å². The summed E-state index contributed by atoms with van der Waals surface area (Å²) in [5.41, 5.74) is 6.29. The lowest BCUT2D eigenvalue weighted by molar-refractivity contribution is 0.553. The standard InChI is InChI=1S/C12H17N5O2S/c1-9(12-15-14-8-17(12)2)16-20(18,19)11-5-3-4-10(6-11)7-13/h3-6,8-9,16H,7,13H2,1-2H3. The van der Waals surface area contributed by atoms with Gasteiger partial charge in [0.05, 0.1) is 10.9 Å². The number of nitrogens with two attached hydrogens (primary N) is 1. The van der Waals surface area contributed by atoms with Crippen molar-refractivity contribution in [3.05, 3.63) is 42.0 Å². The van der Waals surface area contributed by atoms with Crippen molar-refractivity contribution in [1.82, 2.24) is 19.5 Å². The maximum Gasteiger partial charge on any atom is 0.241 e. The fraction of sp³-hybridized carbons (Fsp3) is 0.333. The van der Waals surface area contributed by atoms with Gasteiger partial charge in [0.25, 0.3) is 0 Å². The van der Waals surface area contributed by atoms with Crippen molar-refractivity contribution >= 4 is 10.0 Å². The zero-order chi connectivity index (χ0) is 14.8. The third-order valence-electron chi connectivity index (χ3n) is 2.91. The molecule has 108 valence electrons. The Bertz CT molecular complexity index is 695. The fourth-order valence-electron chi connectivity index (χ4n) is 1.88. The van der Waals surface area contributed by atoms with Crippen molar-refractivity contribution in [1.29, 1.82) is 0 Å². The fourth-order valence-corrected chi connectivity index (χ4v) is 3.15. The van der Waals surface area contributed by atoms with Crippen LogP contribution >= 0.6 is 0 Å². The quantitative estimate of drug-likeness (QED) is 0.826. The van der Waals surface area contributed by atoms with Crippen molar-refractivity contribution in [2.45, 2.75) is 24.4 Å². The minimum absolute atomic E-state index is 0.189. The van der Waals surface area contributed by atoms with E-state index < -0.39 is 16.1 Å². The average Bonchev–Trinajstić information content (AvgIpc) is 2.84. The number of nitrogens with zero attached hydrogens (tertiary/aromatic N) is 3. The first-order chi connectivity index (χ1) is 9.44. The maximum absolute atomic E-state index is 12.3. The third kappa shape index (κ3) is 3.03. The molecule has 3 N–H and O–H groups in total. The van der Waals surface area contributed by atoms with Gasteiger partial charge in [-0.1, -0.05) is 12.1 Å². The van der Waals surface area contributed by atoms with Gasteiger partial charge >= 0.3 is 0 Å². The van der Waals surface area contributed by atoms with Crippen molar-refractivity contribution in [3.63, 3.8) is 0 Å². The van der Waals surface area contributed by atoms with Gasteiger partial charge in [0, 0.05) is 13.6 Å². The number of nitrogens with one attached hydrogen (secondary N) is 1. The summed E-state index contributed by atoms with van der Waals surface area (Å²) in [6.45, 7) is 2.01. The van der Waals surface area contributed by atoms with Crippen LogP contribution in [0.1, 0.15) is 24.4 Å². The van der Waals surface area contributed by atoms with Crippen LogP contribution in [0.5, 0.6) is 0 Å². The summed E-state index contributed by atoms with van der Waals surface area (Å²) in [4.78, 5) is 0.189. The van der Waals surface area contributed by atoms with Gasteiger partial charge in [-0.2, -0.15) is 0 Å². The lowest BCUT2D eigenvalue weighted by Gasteiger charge is -2.13. The molecule has 2 aromatic rings. The first-order valence-corrected chi connectivity index (χ1v) is 7.57. The van der Waals surface area contributed by atoms with Crippen LogP contribution in [0.3, 0.4) is 0 Å². The topological polar surface area (TPSA) is 103 Å². The summed E-state index contributed by atoms with van der Waals surface area (Å²) >= 11 is 0. The number of aromatic nitrogens is 3. The van der Waals surface area contributed by atoms with E-state index in [2.05, 4.69) is 14.9 Å². The third-order valence-corrected chi connectivity index (χ3v) is 4.45. The van der Waals surface area contributed by atoms with Crippen molar-refractivity contribution in [2.75, 3.05) is 0 Å². The predicted octanol–water partition coefficient (Wildman–Crippen LogP) is 0.313. The zero-order valence-corrected chi connectivity index (χ0v) is 12.1. The number of rotatable bonds is 5. The van der Waals surface area contributed by atoms with E-state index in [9.17, 15) is 8.42 Å². The molecule has 0 spiro atoms. The number of aryl methyl sites for hydroxylation is 1. The van der Waals surface area contributed by atoms with Crippen LogP contribution in [0.25, 0.3) is 0 Å². The van der Waals surface area contributed by atoms with E-state index in [0.717, 1.165) is 5.56 Å². The highest BCUT2D eigenvalue weighted by Gasteiger charge is 2.21. The molecule has 0 bridgehead atoms. The molecule has 1 atom stereocenters. The molecule has 0 fully saturated rings. The molecule has 0 aliphatic carbocycles. The molecule has 0 saturated carbocycles. The van der Waals surface area contributed by atoms with E-state index in [1.54, 1.807) is 36.7 Å². The molecule has 1 aromatic heterocycles. The largest absolute Gasteiger partial charge is 0.326 e. The second-order valence-electron chi connectivity index (χ2n) is 4.49. The van der Waals surface area contributed by atoms with Crippen LogP contribution in [0.15, 0.2) is 35.5 Å². The molecule has 0 aliphatic rings. The number of benzene rings is 1. The number of sulfonamides is 1. The van der Waals surface area contributed by atoms with E-state index in [1.807, 2.05) is 0 Å².